The zero-order chi connectivity index (χ0) is 11.8. The average molecular weight is 251 g/mol. The number of aromatic nitrogens is 2. The molecular weight excluding hydrogens is 238 g/mol. The van der Waals surface area contributed by atoms with Gasteiger partial charge in [0, 0.05) is 12.0 Å². The number of carbonyl (C=O) groups is 1. The summed E-state index contributed by atoms with van der Waals surface area (Å²) in [6.07, 6.45) is 3.91. The van der Waals surface area contributed by atoms with Gasteiger partial charge < -0.3 is 10.5 Å². The third kappa shape index (κ3) is 1.83. The van der Waals surface area contributed by atoms with Crippen LogP contribution in [0.15, 0.2) is 12.3 Å². The Kier molecular flexibility index (Phi) is 2.60. The maximum absolute atomic E-state index is 11.1. The second-order valence-electron chi connectivity index (χ2n) is 4.20. The van der Waals surface area contributed by atoms with Gasteiger partial charge in [0.05, 0.1) is 23.7 Å². The van der Waals surface area contributed by atoms with E-state index in [9.17, 15) is 4.79 Å². The summed E-state index contributed by atoms with van der Waals surface area (Å²) in [5, 5.41) is 5.36. The molecule has 0 saturated carbocycles. The van der Waals surface area contributed by atoms with E-state index in [1.165, 1.54) is 11.3 Å². The molecule has 1 amide bonds. The van der Waals surface area contributed by atoms with E-state index in [-0.39, 0.29) is 11.9 Å². The van der Waals surface area contributed by atoms with E-state index < -0.39 is 0 Å². The van der Waals surface area contributed by atoms with E-state index in [2.05, 4.69) is 5.10 Å². The summed E-state index contributed by atoms with van der Waals surface area (Å²) >= 11 is 1.40. The molecule has 0 aliphatic carbocycles. The molecule has 2 aromatic heterocycles. The van der Waals surface area contributed by atoms with Crippen LogP contribution in [0.25, 0.3) is 10.2 Å². The van der Waals surface area contributed by atoms with Crippen molar-refractivity contribution in [2.24, 2.45) is 5.73 Å². The maximum atomic E-state index is 11.1. The van der Waals surface area contributed by atoms with Gasteiger partial charge in [0.2, 0.25) is 0 Å². The normalized spacial score (nSPS) is 20.8. The van der Waals surface area contributed by atoms with Crippen molar-refractivity contribution in [3.8, 4) is 0 Å². The van der Waals surface area contributed by atoms with E-state index in [0.717, 1.165) is 29.7 Å². The topological polar surface area (TPSA) is 70.1 Å². The summed E-state index contributed by atoms with van der Waals surface area (Å²) in [7, 11) is 0. The molecule has 0 bridgehead atoms. The number of nitrogens with zero attached hydrogens (tertiary/aromatic N) is 2. The Morgan fingerprint density at radius 1 is 1.65 bits per heavy atom. The first-order chi connectivity index (χ1) is 8.25. The third-order valence-corrected chi connectivity index (χ3v) is 4.15. The van der Waals surface area contributed by atoms with E-state index in [4.69, 9.17) is 10.5 Å². The second-order valence-corrected chi connectivity index (χ2v) is 5.23. The van der Waals surface area contributed by atoms with E-state index >= 15 is 0 Å². The van der Waals surface area contributed by atoms with Gasteiger partial charge in [0.1, 0.15) is 4.83 Å². The first-order valence-electron chi connectivity index (χ1n) is 5.60. The Hall–Kier alpha value is -1.40. The minimum atomic E-state index is -0.377. The molecule has 1 atom stereocenters. The fraction of sp³-hybridized carbons (Fsp3) is 0.455. The molecule has 3 heterocycles. The highest BCUT2D eigenvalue weighted by Crippen LogP contribution is 2.30. The lowest BCUT2D eigenvalue weighted by molar-refractivity contribution is 0.0567. The van der Waals surface area contributed by atoms with Crippen LogP contribution in [0.5, 0.6) is 0 Å². The highest BCUT2D eigenvalue weighted by Gasteiger charge is 2.20. The standard InChI is InChI=1S/C11H13N3O2S/c12-10(15)9-4-7-5-13-14(11(7)17-9)8-2-1-3-16-6-8/h4-5,8H,1-3,6H2,(H2,12,15). The van der Waals surface area contributed by atoms with E-state index in [1.54, 1.807) is 12.3 Å². The average Bonchev–Trinajstić information content (AvgIpc) is 2.89. The van der Waals surface area contributed by atoms with Crippen molar-refractivity contribution < 1.29 is 9.53 Å². The van der Waals surface area contributed by atoms with Crippen LogP contribution in [-0.4, -0.2) is 28.9 Å². The molecule has 90 valence electrons. The lowest BCUT2D eigenvalue weighted by Crippen LogP contribution is -2.21. The molecule has 3 rings (SSSR count). The summed E-state index contributed by atoms with van der Waals surface area (Å²) in [6.45, 7) is 1.53. The van der Waals surface area contributed by atoms with Gasteiger partial charge in [-0.15, -0.1) is 11.3 Å². The van der Waals surface area contributed by atoms with Crippen molar-refractivity contribution in [3.05, 3.63) is 17.1 Å². The van der Waals surface area contributed by atoms with Gasteiger partial charge in [0.25, 0.3) is 5.91 Å². The zero-order valence-electron chi connectivity index (χ0n) is 9.26. The van der Waals surface area contributed by atoms with Gasteiger partial charge in [-0.3, -0.25) is 4.79 Å². The van der Waals surface area contributed by atoms with Crippen LogP contribution in [0.3, 0.4) is 0 Å². The lowest BCUT2D eigenvalue weighted by Gasteiger charge is -2.22. The molecule has 1 fully saturated rings. The molecular formula is C11H13N3O2S. The van der Waals surface area contributed by atoms with Gasteiger partial charge in [0.15, 0.2) is 0 Å². The number of hydrogen-bond acceptors (Lipinski definition) is 4. The molecule has 0 spiro atoms. The molecule has 5 nitrogen and oxygen atoms in total. The van der Waals surface area contributed by atoms with Crippen LogP contribution in [0.2, 0.25) is 0 Å². The fourth-order valence-electron chi connectivity index (χ4n) is 2.14. The third-order valence-electron chi connectivity index (χ3n) is 2.99. The van der Waals surface area contributed by atoms with Crippen molar-refractivity contribution in [2.75, 3.05) is 13.2 Å². The summed E-state index contributed by atoms with van der Waals surface area (Å²) in [5.41, 5.74) is 5.28. The van der Waals surface area contributed by atoms with Gasteiger partial charge in [-0.2, -0.15) is 5.10 Å². The van der Waals surface area contributed by atoms with Gasteiger partial charge in [-0.05, 0) is 18.9 Å². The minimum absolute atomic E-state index is 0.278. The quantitative estimate of drug-likeness (QED) is 0.880. The predicted molar refractivity (Wildman–Crippen MR) is 65.2 cm³/mol. The van der Waals surface area contributed by atoms with Crippen LogP contribution < -0.4 is 5.73 Å². The number of carbonyl (C=O) groups excluding carboxylic acids is 1. The molecule has 1 saturated heterocycles. The Labute approximate surface area is 102 Å². The number of amides is 1. The van der Waals surface area contributed by atoms with Crippen molar-refractivity contribution in [1.29, 1.82) is 0 Å². The number of fused-ring (bicyclic) bond motifs is 1. The highest BCUT2D eigenvalue weighted by atomic mass is 32.1. The SMILES string of the molecule is NC(=O)c1cc2cnn(C3CCCOC3)c2s1. The first kappa shape index (κ1) is 10.7. The molecule has 2 aromatic rings. The first-order valence-corrected chi connectivity index (χ1v) is 6.42. The molecule has 1 aliphatic rings. The lowest BCUT2D eigenvalue weighted by atomic mass is 10.1. The van der Waals surface area contributed by atoms with Crippen molar-refractivity contribution in [2.45, 2.75) is 18.9 Å². The molecule has 0 aromatic carbocycles. The number of thiophene rings is 1. The minimum Gasteiger partial charge on any atom is -0.379 e. The van der Waals surface area contributed by atoms with Gasteiger partial charge in [-0.25, -0.2) is 4.68 Å². The number of nitrogens with two attached hydrogens (primary N) is 1. The Balaban J connectivity index is 2.00. The predicted octanol–water partition coefficient (Wildman–Crippen LogP) is 1.55. The number of ether oxygens (including phenoxy) is 1. The largest absolute Gasteiger partial charge is 0.379 e. The van der Waals surface area contributed by atoms with Crippen LogP contribution in [0.4, 0.5) is 0 Å². The van der Waals surface area contributed by atoms with Gasteiger partial charge >= 0.3 is 0 Å². The molecule has 17 heavy (non-hydrogen) atoms. The fourth-order valence-corrected chi connectivity index (χ4v) is 3.16. The summed E-state index contributed by atoms with van der Waals surface area (Å²) in [5.74, 6) is -0.377. The molecule has 0 radical (unpaired) electrons. The van der Waals surface area contributed by atoms with E-state index in [1.807, 2.05) is 4.68 Å². The smallest absolute Gasteiger partial charge is 0.258 e. The number of primary amides is 1. The van der Waals surface area contributed by atoms with Gasteiger partial charge in [-0.1, -0.05) is 0 Å². The van der Waals surface area contributed by atoms with Crippen LogP contribution >= 0.6 is 11.3 Å². The van der Waals surface area contributed by atoms with Crippen LogP contribution in [-0.2, 0) is 4.74 Å². The molecule has 2 N–H and O–H groups in total. The summed E-state index contributed by atoms with van der Waals surface area (Å²) < 4.78 is 7.43. The summed E-state index contributed by atoms with van der Waals surface area (Å²) in [4.78, 5) is 12.7. The van der Waals surface area contributed by atoms with Crippen LogP contribution in [0, 0.1) is 0 Å². The van der Waals surface area contributed by atoms with E-state index in [0.29, 0.717) is 11.5 Å². The Bertz CT molecular complexity index is 554. The molecule has 1 unspecified atom stereocenters. The monoisotopic (exact) mass is 251 g/mol. The zero-order valence-corrected chi connectivity index (χ0v) is 10.1. The van der Waals surface area contributed by atoms with Crippen molar-refractivity contribution in [1.82, 2.24) is 9.78 Å². The molecule has 6 heteroatoms. The molecule has 1 aliphatic heterocycles. The Morgan fingerprint density at radius 3 is 3.24 bits per heavy atom. The van der Waals surface area contributed by atoms with Crippen LogP contribution in [0.1, 0.15) is 28.6 Å². The second kappa shape index (κ2) is 4.12. The number of hydrogen-bond donors (Lipinski definition) is 1. The maximum Gasteiger partial charge on any atom is 0.258 e. The summed E-state index contributed by atoms with van der Waals surface area (Å²) in [6, 6.07) is 2.08. The van der Waals surface area contributed by atoms with Crippen molar-refractivity contribution in [3.63, 3.8) is 0 Å². The van der Waals surface area contributed by atoms with Crippen molar-refractivity contribution >= 4 is 27.5 Å². The highest BCUT2D eigenvalue weighted by molar-refractivity contribution is 7.20. The Morgan fingerprint density at radius 2 is 2.53 bits per heavy atom. The number of rotatable bonds is 2.